The van der Waals surface area contributed by atoms with Crippen LogP contribution in [-0.2, 0) is 0 Å². The summed E-state index contributed by atoms with van der Waals surface area (Å²) < 4.78 is 0. The summed E-state index contributed by atoms with van der Waals surface area (Å²) in [5, 5.41) is 17.1. The average molecular weight is 147 g/mol. The van der Waals surface area contributed by atoms with Gasteiger partial charge in [-0.15, -0.1) is 0 Å². The van der Waals surface area contributed by atoms with Gasteiger partial charge >= 0.3 is 0 Å². The highest BCUT2D eigenvalue weighted by Gasteiger charge is 1.97. The first kappa shape index (κ1) is 9.88. The summed E-state index contributed by atoms with van der Waals surface area (Å²) in [6.07, 6.45) is 1.79. The fraction of sp³-hybridized carbons (Fsp3) is 1.00. The largest absolute Gasteiger partial charge is 0.396 e. The molecule has 0 aromatic rings. The molecular formula is C7H17NO2. The van der Waals surface area contributed by atoms with Crippen LogP contribution < -0.4 is 0 Å². The predicted octanol–water partition coefficient (Wildman–Crippen LogP) is 0.0306. The Morgan fingerprint density at radius 2 is 1.90 bits per heavy atom. The Morgan fingerprint density at radius 1 is 1.20 bits per heavy atom. The zero-order valence-corrected chi connectivity index (χ0v) is 6.58. The lowest BCUT2D eigenvalue weighted by Gasteiger charge is -2.15. The summed E-state index contributed by atoms with van der Waals surface area (Å²) in [4.78, 5) is 1.93. The van der Waals surface area contributed by atoms with Crippen LogP contribution in [-0.4, -0.2) is 41.5 Å². The van der Waals surface area contributed by atoms with Crippen LogP contribution in [0.3, 0.4) is 0 Å². The molecule has 0 heterocycles. The van der Waals surface area contributed by atoms with Crippen LogP contribution >= 0.6 is 0 Å². The minimum atomic E-state index is 0.127. The molecule has 0 aliphatic heterocycles. The number of aliphatic hydroxyl groups excluding tert-OH is 2. The number of hydrogen-bond donors (Lipinski definition) is 2. The molecule has 0 saturated carbocycles. The van der Waals surface area contributed by atoms with E-state index in [1.807, 2.05) is 11.8 Å². The maximum Gasteiger partial charge on any atom is 0.0956 e. The summed E-state index contributed by atoms with van der Waals surface area (Å²) in [7, 11) is 0. The number of aliphatic hydroxyl groups is 2. The van der Waals surface area contributed by atoms with Crippen molar-refractivity contribution in [2.75, 3.05) is 26.4 Å². The first-order valence-electron chi connectivity index (χ1n) is 3.79. The SMILES string of the molecule is CCN(CO)CCCCO. The minimum absolute atomic E-state index is 0.127. The van der Waals surface area contributed by atoms with Gasteiger partial charge < -0.3 is 10.2 Å². The average Bonchev–Trinajstić information content (AvgIpc) is 1.99. The summed E-state index contributed by atoms with van der Waals surface area (Å²) in [5.41, 5.74) is 0. The molecule has 0 bridgehead atoms. The lowest BCUT2D eigenvalue weighted by atomic mass is 10.3. The molecule has 0 aliphatic rings. The van der Waals surface area contributed by atoms with Gasteiger partial charge in [-0.1, -0.05) is 6.92 Å². The number of rotatable bonds is 6. The van der Waals surface area contributed by atoms with E-state index in [1.54, 1.807) is 0 Å². The Labute approximate surface area is 62.3 Å². The van der Waals surface area contributed by atoms with E-state index in [-0.39, 0.29) is 13.3 Å². The molecule has 62 valence electrons. The molecule has 0 atom stereocenters. The van der Waals surface area contributed by atoms with Crippen LogP contribution in [0.5, 0.6) is 0 Å². The minimum Gasteiger partial charge on any atom is -0.396 e. The van der Waals surface area contributed by atoms with Crippen molar-refractivity contribution in [3.63, 3.8) is 0 Å². The van der Waals surface area contributed by atoms with Gasteiger partial charge in [0.15, 0.2) is 0 Å². The van der Waals surface area contributed by atoms with Crippen molar-refractivity contribution in [1.82, 2.24) is 4.90 Å². The van der Waals surface area contributed by atoms with Crippen molar-refractivity contribution >= 4 is 0 Å². The van der Waals surface area contributed by atoms with Crippen molar-refractivity contribution in [3.05, 3.63) is 0 Å². The second-order valence-electron chi connectivity index (χ2n) is 2.28. The van der Waals surface area contributed by atoms with Crippen molar-refractivity contribution in [2.24, 2.45) is 0 Å². The highest BCUT2D eigenvalue weighted by molar-refractivity contribution is 4.48. The van der Waals surface area contributed by atoms with E-state index in [0.29, 0.717) is 0 Å². The van der Waals surface area contributed by atoms with Crippen molar-refractivity contribution < 1.29 is 10.2 Å². The molecule has 0 saturated heterocycles. The van der Waals surface area contributed by atoms with Crippen LogP contribution in [0.15, 0.2) is 0 Å². The number of hydrogen-bond acceptors (Lipinski definition) is 3. The molecule has 0 spiro atoms. The van der Waals surface area contributed by atoms with Crippen molar-refractivity contribution in [1.29, 1.82) is 0 Å². The van der Waals surface area contributed by atoms with Crippen LogP contribution in [0, 0.1) is 0 Å². The standard InChI is InChI=1S/C7H17NO2/c1-2-8(7-10)5-3-4-6-9/h9-10H,2-7H2,1H3. The van der Waals surface area contributed by atoms with E-state index in [4.69, 9.17) is 10.2 Å². The molecule has 10 heavy (non-hydrogen) atoms. The van der Waals surface area contributed by atoms with Crippen LogP contribution in [0.2, 0.25) is 0 Å². The summed E-state index contributed by atoms with van der Waals surface area (Å²) in [5.74, 6) is 0. The smallest absolute Gasteiger partial charge is 0.0956 e. The topological polar surface area (TPSA) is 43.7 Å². The van der Waals surface area contributed by atoms with Crippen molar-refractivity contribution in [2.45, 2.75) is 19.8 Å². The highest BCUT2D eigenvalue weighted by Crippen LogP contribution is 1.92. The molecule has 2 N–H and O–H groups in total. The van der Waals surface area contributed by atoms with Crippen LogP contribution in [0.25, 0.3) is 0 Å². The van der Waals surface area contributed by atoms with E-state index in [0.717, 1.165) is 25.9 Å². The van der Waals surface area contributed by atoms with E-state index in [2.05, 4.69) is 0 Å². The summed E-state index contributed by atoms with van der Waals surface area (Å²) >= 11 is 0. The third-order valence-electron chi connectivity index (χ3n) is 1.53. The lowest BCUT2D eigenvalue weighted by Crippen LogP contribution is -2.25. The normalized spacial score (nSPS) is 10.8. The molecular weight excluding hydrogens is 130 g/mol. The van der Waals surface area contributed by atoms with Gasteiger partial charge in [-0.3, -0.25) is 4.90 Å². The molecule has 0 aromatic carbocycles. The Morgan fingerprint density at radius 3 is 2.30 bits per heavy atom. The molecule has 0 amide bonds. The summed E-state index contributed by atoms with van der Waals surface area (Å²) in [6.45, 7) is 4.15. The lowest BCUT2D eigenvalue weighted by molar-refractivity contribution is 0.109. The summed E-state index contributed by atoms with van der Waals surface area (Å²) in [6, 6.07) is 0. The number of nitrogens with zero attached hydrogens (tertiary/aromatic N) is 1. The Kier molecular flexibility index (Phi) is 6.91. The molecule has 0 unspecified atom stereocenters. The maximum absolute atomic E-state index is 8.69. The van der Waals surface area contributed by atoms with Gasteiger partial charge in [0.25, 0.3) is 0 Å². The van der Waals surface area contributed by atoms with Crippen LogP contribution in [0.4, 0.5) is 0 Å². The molecule has 0 rings (SSSR count). The number of unbranched alkanes of at least 4 members (excludes halogenated alkanes) is 1. The van der Waals surface area contributed by atoms with Gasteiger partial charge in [0.2, 0.25) is 0 Å². The van der Waals surface area contributed by atoms with Gasteiger partial charge in [-0.25, -0.2) is 0 Å². The first-order valence-corrected chi connectivity index (χ1v) is 3.79. The van der Waals surface area contributed by atoms with Gasteiger partial charge in [0.05, 0.1) is 6.73 Å². The van der Waals surface area contributed by atoms with Gasteiger partial charge in [0, 0.05) is 13.2 Å². The molecule has 3 heteroatoms. The van der Waals surface area contributed by atoms with Gasteiger partial charge in [-0.05, 0) is 19.4 Å². The van der Waals surface area contributed by atoms with Gasteiger partial charge in [0.1, 0.15) is 0 Å². The van der Waals surface area contributed by atoms with E-state index >= 15 is 0 Å². The third-order valence-corrected chi connectivity index (χ3v) is 1.53. The zero-order valence-electron chi connectivity index (χ0n) is 6.58. The molecule has 0 aromatic heterocycles. The van der Waals surface area contributed by atoms with Crippen molar-refractivity contribution in [3.8, 4) is 0 Å². The first-order chi connectivity index (χ1) is 4.85. The van der Waals surface area contributed by atoms with E-state index in [9.17, 15) is 0 Å². The van der Waals surface area contributed by atoms with E-state index in [1.165, 1.54) is 0 Å². The maximum atomic E-state index is 8.69. The predicted molar refractivity (Wildman–Crippen MR) is 40.7 cm³/mol. The van der Waals surface area contributed by atoms with Gasteiger partial charge in [-0.2, -0.15) is 0 Å². The molecule has 0 radical (unpaired) electrons. The quantitative estimate of drug-likeness (QED) is 0.411. The Hall–Kier alpha value is -0.120. The fourth-order valence-corrected chi connectivity index (χ4v) is 0.776. The second-order valence-corrected chi connectivity index (χ2v) is 2.28. The Balaban J connectivity index is 3.09. The monoisotopic (exact) mass is 147 g/mol. The van der Waals surface area contributed by atoms with Crippen LogP contribution in [0.1, 0.15) is 19.8 Å². The Bertz CT molecular complexity index is 64.6. The molecule has 0 aliphatic carbocycles. The molecule has 3 nitrogen and oxygen atoms in total. The van der Waals surface area contributed by atoms with E-state index < -0.39 is 0 Å². The highest BCUT2D eigenvalue weighted by atomic mass is 16.3. The fourth-order valence-electron chi connectivity index (χ4n) is 0.776. The second kappa shape index (κ2) is 6.99. The molecule has 0 fully saturated rings. The zero-order chi connectivity index (χ0) is 7.82. The third kappa shape index (κ3) is 4.73.